The highest BCUT2D eigenvalue weighted by atomic mass is 16.4. The predicted molar refractivity (Wildman–Crippen MR) is 145 cm³/mol. The Hall–Kier alpha value is -3.68. The molecular weight excluding hydrogens is 506 g/mol. The molecule has 2 aromatic heterocycles. The van der Waals surface area contributed by atoms with Gasteiger partial charge >= 0.3 is 5.97 Å². The van der Waals surface area contributed by atoms with Crippen molar-refractivity contribution < 1.29 is 19.5 Å². The Morgan fingerprint density at radius 1 is 1.18 bits per heavy atom. The van der Waals surface area contributed by atoms with Crippen LogP contribution in [0, 0.1) is 0 Å². The van der Waals surface area contributed by atoms with E-state index in [1.807, 2.05) is 25.7 Å². The number of unbranched alkanes of at least 4 members (excludes halogenated alkanes) is 3. The lowest BCUT2D eigenvalue weighted by Gasteiger charge is -2.26. The summed E-state index contributed by atoms with van der Waals surface area (Å²) in [6.07, 6.45) is 5.32. The minimum atomic E-state index is -1.24. The SMILES string of the molecule is CCCCCCN(C)CC(=O)[C@H](CC(=O)O)NC(=O)C(CC)n1cc(C(C)(C)C)nc(Nc2nn[nH]n2)c1=O. The lowest BCUT2D eigenvalue weighted by Crippen LogP contribution is -2.49. The molecule has 0 radical (unpaired) electrons. The normalized spacial score (nSPS) is 13.2. The lowest BCUT2D eigenvalue weighted by molar-refractivity contribution is -0.140. The number of anilines is 2. The first-order valence-corrected chi connectivity index (χ1v) is 13.2. The Morgan fingerprint density at radius 3 is 2.46 bits per heavy atom. The molecule has 39 heavy (non-hydrogen) atoms. The van der Waals surface area contributed by atoms with Gasteiger partial charge in [-0.1, -0.05) is 59.0 Å². The number of likely N-dealkylation sites (N-methyl/N-ethyl adjacent to an activating group) is 1. The number of nitrogens with zero attached hydrogens (tertiary/aromatic N) is 6. The van der Waals surface area contributed by atoms with Crippen molar-refractivity contribution >= 4 is 29.4 Å². The zero-order valence-electron chi connectivity index (χ0n) is 23.7. The van der Waals surface area contributed by atoms with E-state index in [1.165, 1.54) is 10.8 Å². The maximum absolute atomic E-state index is 13.4. The molecule has 0 saturated heterocycles. The molecule has 2 atom stereocenters. The summed E-state index contributed by atoms with van der Waals surface area (Å²) in [4.78, 5) is 57.6. The van der Waals surface area contributed by atoms with E-state index in [2.05, 4.69) is 43.2 Å². The third-order valence-corrected chi connectivity index (χ3v) is 6.20. The van der Waals surface area contributed by atoms with E-state index in [0.29, 0.717) is 12.2 Å². The fourth-order valence-corrected chi connectivity index (χ4v) is 3.96. The molecule has 1 amide bonds. The highest BCUT2D eigenvalue weighted by Crippen LogP contribution is 2.23. The summed E-state index contributed by atoms with van der Waals surface area (Å²) in [6.45, 7) is 10.2. The van der Waals surface area contributed by atoms with E-state index in [4.69, 9.17) is 0 Å². The predicted octanol–water partition coefficient (Wildman–Crippen LogP) is 1.79. The number of carboxylic acid groups (broad SMARTS) is 1. The number of carboxylic acids is 1. The quantitative estimate of drug-likeness (QED) is 0.224. The molecule has 0 aliphatic heterocycles. The molecular formula is C25H41N9O5. The molecule has 0 aromatic carbocycles. The van der Waals surface area contributed by atoms with Gasteiger partial charge < -0.3 is 15.7 Å². The van der Waals surface area contributed by atoms with Gasteiger partial charge in [0.1, 0.15) is 6.04 Å². The number of nitrogens with one attached hydrogen (secondary N) is 3. The molecule has 0 spiro atoms. The fraction of sp³-hybridized carbons (Fsp3) is 0.680. The maximum atomic E-state index is 13.4. The van der Waals surface area contributed by atoms with Crippen molar-refractivity contribution in [2.24, 2.45) is 0 Å². The molecule has 216 valence electrons. The number of aliphatic carboxylic acids is 1. The molecule has 0 saturated carbocycles. The van der Waals surface area contributed by atoms with Crippen LogP contribution in [0.3, 0.4) is 0 Å². The lowest BCUT2D eigenvalue weighted by atomic mass is 9.92. The van der Waals surface area contributed by atoms with Gasteiger partial charge in [0.05, 0.1) is 24.7 Å². The molecule has 2 rings (SSSR count). The maximum Gasteiger partial charge on any atom is 0.305 e. The first kappa shape index (κ1) is 31.5. The Labute approximate surface area is 228 Å². The van der Waals surface area contributed by atoms with E-state index in [9.17, 15) is 24.3 Å². The van der Waals surface area contributed by atoms with Crippen LogP contribution in [0.2, 0.25) is 0 Å². The second kappa shape index (κ2) is 14.5. The van der Waals surface area contributed by atoms with Crippen LogP contribution >= 0.6 is 0 Å². The number of rotatable bonds is 16. The topological polar surface area (TPSA) is 188 Å². The third-order valence-electron chi connectivity index (χ3n) is 6.20. The van der Waals surface area contributed by atoms with E-state index in [0.717, 1.165) is 25.7 Å². The summed E-state index contributed by atoms with van der Waals surface area (Å²) in [7, 11) is 1.79. The van der Waals surface area contributed by atoms with Crippen molar-refractivity contribution in [2.75, 3.05) is 25.5 Å². The van der Waals surface area contributed by atoms with E-state index in [1.54, 1.807) is 14.0 Å². The van der Waals surface area contributed by atoms with Crippen molar-refractivity contribution in [3.8, 4) is 0 Å². The Bertz CT molecular complexity index is 1160. The number of aromatic nitrogens is 6. The summed E-state index contributed by atoms with van der Waals surface area (Å²) in [6, 6.07) is -2.26. The van der Waals surface area contributed by atoms with Crippen molar-refractivity contribution in [1.82, 2.24) is 40.4 Å². The fourth-order valence-electron chi connectivity index (χ4n) is 3.96. The number of amides is 1. The largest absolute Gasteiger partial charge is 0.481 e. The molecule has 1 unspecified atom stereocenters. The smallest absolute Gasteiger partial charge is 0.305 e. The molecule has 2 aromatic rings. The molecule has 0 bridgehead atoms. The monoisotopic (exact) mass is 547 g/mol. The highest BCUT2D eigenvalue weighted by Gasteiger charge is 2.30. The number of Topliss-reactive ketones (excluding diaryl/α,β-unsaturated/α-hetero) is 1. The van der Waals surface area contributed by atoms with Crippen LogP contribution in [0.15, 0.2) is 11.0 Å². The zero-order valence-corrected chi connectivity index (χ0v) is 23.7. The molecule has 0 aliphatic rings. The molecule has 14 heteroatoms. The van der Waals surface area contributed by atoms with Gasteiger partial charge in [-0.15, -0.1) is 5.10 Å². The first-order valence-electron chi connectivity index (χ1n) is 13.2. The number of carbonyl (C=O) groups excluding carboxylic acids is 2. The van der Waals surface area contributed by atoms with Crippen molar-refractivity contribution in [1.29, 1.82) is 0 Å². The van der Waals surface area contributed by atoms with Crippen LogP contribution in [-0.2, 0) is 19.8 Å². The molecule has 2 heterocycles. The molecule has 0 fully saturated rings. The second-order valence-electron chi connectivity index (χ2n) is 10.6. The summed E-state index contributed by atoms with van der Waals surface area (Å²) in [5.74, 6) is -2.33. The second-order valence-corrected chi connectivity index (χ2v) is 10.6. The minimum absolute atomic E-state index is 0.00326. The average Bonchev–Trinajstić information content (AvgIpc) is 3.36. The third kappa shape index (κ3) is 9.53. The number of aromatic amines is 1. The summed E-state index contributed by atoms with van der Waals surface area (Å²) < 4.78 is 1.24. The van der Waals surface area contributed by atoms with Gasteiger partial charge in [0.2, 0.25) is 5.91 Å². The summed E-state index contributed by atoms with van der Waals surface area (Å²) in [5, 5.41) is 28.0. The standard InChI is InChI=1S/C25H41N9O5/c1-7-9-10-11-12-33(6)14-18(35)16(13-20(36)37)26-22(38)17(8-2)34-15-19(25(3,4)5)27-21(23(34)39)28-24-29-31-32-30-24/h15-17H,7-14H2,1-6H3,(H,26,38)(H,36,37)(H2,27,28,29,30,31,32)/t16-,17?/m0/s1. The van der Waals surface area contributed by atoms with Gasteiger partial charge in [0, 0.05) is 11.6 Å². The van der Waals surface area contributed by atoms with Gasteiger partial charge in [-0.3, -0.25) is 28.6 Å². The number of tetrazole rings is 1. The number of ketones is 1. The van der Waals surface area contributed by atoms with E-state index < -0.39 is 47.1 Å². The van der Waals surface area contributed by atoms with Crippen LogP contribution in [0.1, 0.15) is 84.9 Å². The summed E-state index contributed by atoms with van der Waals surface area (Å²) >= 11 is 0. The van der Waals surface area contributed by atoms with Gasteiger partial charge in [-0.25, -0.2) is 4.98 Å². The highest BCUT2D eigenvalue weighted by molar-refractivity contribution is 5.94. The average molecular weight is 548 g/mol. The van der Waals surface area contributed by atoms with Gasteiger partial charge in [0.25, 0.3) is 11.5 Å². The number of H-pyrrole nitrogens is 1. The molecule has 4 N–H and O–H groups in total. The van der Waals surface area contributed by atoms with Gasteiger partial charge in [-0.05, 0) is 31.6 Å². The summed E-state index contributed by atoms with van der Waals surface area (Å²) in [5.41, 5.74) is -0.577. The molecule has 14 nitrogen and oxygen atoms in total. The Morgan fingerprint density at radius 2 is 1.90 bits per heavy atom. The van der Waals surface area contributed by atoms with Crippen LogP contribution in [0.5, 0.6) is 0 Å². The van der Waals surface area contributed by atoms with Crippen molar-refractivity contribution in [3.05, 3.63) is 22.2 Å². The minimum Gasteiger partial charge on any atom is -0.481 e. The van der Waals surface area contributed by atoms with Crippen LogP contribution in [0.4, 0.5) is 11.8 Å². The Balaban J connectivity index is 2.31. The van der Waals surface area contributed by atoms with E-state index in [-0.39, 0.29) is 24.7 Å². The molecule has 0 aliphatic carbocycles. The van der Waals surface area contributed by atoms with Crippen molar-refractivity contribution in [3.63, 3.8) is 0 Å². The number of hydrogen-bond donors (Lipinski definition) is 4. The Kier molecular flexibility index (Phi) is 11.7. The van der Waals surface area contributed by atoms with Gasteiger partial charge in [0.15, 0.2) is 11.6 Å². The van der Waals surface area contributed by atoms with Crippen LogP contribution < -0.4 is 16.2 Å². The van der Waals surface area contributed by atoms with Crippen molar-refractivity contribution in [2.45, 2.75) is 90.6 Å². The number of hydrogen-bond acceptors (Lipinski definition) is 10. The zero-order chi connectivity index (χ0) is 29.2. The number of carbonyl (C=O) groups is 3. The van der Waals surface area contributed by atoms with E-state index >= 15 is 0 Å². The van der Waals surface area contributed by atoms with Crippen LogP contribution in [-0.4, -0.2) is 84.0 Å². The van der Waals surface area contributed by atoms with Gasteiger partial charge in [-0.2, -0.15) is 5.21 Å². The van der Waals surface area contributed by atoms with Crippen LogP contribution in [0.25, 0.3) is 0 Å². The first-order chi connectivity index (χ1) is 18.4.